The molecule has 0 N–H and O–H groups in total. The Labute approximate surface area is 134 Å². The summed E-state index contributed by atoms with van der Waals surface area (Å²) < 4.78 is 7.26. The standard InChI is InChI=1S/C18H19N3O2/c1-18(2,3)23-17(22)14-8-6-13(7-9-14)12-21-16-5-4-10-19-15(16)11-20-21/h4-11H,12H2,1-3H3. The van der Waals surface area contributed by atoms with E-state index in [9.17, 15) is 4.79 Å². The summed E-state index contributed by atoms with van der Waals surface area (Å²) in [6.07, 6.45) is 3.51. The second-order valence-corrected chi connectivity index (χ2v) is 6.41. The van der Waals surface area contributed by atoms with E-state index in [0.717, 1.165) is 16.6 Å². The Hall–Kier alpha value is -2.69. The summed E-state index contributed by atoms with van der Waals surface area (Å²) in [7, 11) is 0. The van der Waals surface area contributed by atoms with Crippen molar-refractivity contribution in [3.8, 4) is 0 Å². The van der Waals surface area contributed by atoms with Gasteiger partial charge in [0.1, 0.15) is 11.1 Å². The Morgan fingerprint density at radius 3 is 2.61 bits per heavy atom. The number of ether oxygens (including phenoxy) is 1. The van der Waals surface area contributed by atoms with Crippen molar-refractivity contribution < 1.29 is 9.53 Å². The highest BCUT2D eigenvalue weighted by Crippen LogP contribution is 2.15. The molecule has 23 heavy (non-hydrogen) atoms. The van der Waals surface area contributed by atoms with Gasteiger partial charge in [-0.1, -0.05) is 12.1 Å². The summed E-state index contributed by atoms with van der Waals surface area (Å²) >= 11 is 0. The molecule has 0 spiro atoms. The number of fused-ring (bicyclic) bond motifs is 1. The van der Waals surface area contributed by atoms with Crippen molar-refractivity contribution in [3.63, 3.8) is 0 Å². The Morgan fingerprint density at radius 2 is 1.91 bits per heavy atom. The first-order valence-corrected chi connectivity index (χ1v) is 7.51. The molecule has 2 aromatic heterocycles. The maximum absolute atomic E-state index is 12.0. The van der Waals surface area contributed by atoms with Crippen molar-refractivity contribution in [2.24, 2.45) is 0 Å². The lowest BCUT2D eigenvalue weighted by molar-refractivity contribution is 0.00695. The molecule has 0 aliphatic rings. The second kappa shape index (κ2) is 5.83. The largest absolute Gasteiger partial charge is 0.456 e. The van der Waals surface area contributed by atoms with Crippen LogP contribution >= 0.6 is 0 Å². The van der Waals surface area contributed by atoms with Crippen molar-refractivity contribution in [2.45, 2.75) is 32.9 Å². The number of carbonyl (C=O) groups excluding carboxylic acids is 1. The number of aromatic nitrogens is 3. The molecule has 0 atom stereocenters. The molecule has 118 valence electrons. The van der Waals surface area contributed by atoms with E-state index in [1.807, 2.05) is 49.7 Å². The molecule has 0 saturated heterocycles. The molecule has 0 fully saturated rings. The van der Waals surface area contributed by atoms with Gasteiger partial charge in [-0.05, 0) is 50.6 Å². The summed E-state index contributed by atoms with van der Waals surface area (Å²) in [5, 5.41) is 4.36. The van der Waals surface area contributed by atoms with E-state index in [4.69, 9.17) is 4.74 Å². The van der Waals surface area contributed by atoms with Crippen molar-refractivity contribution >= 4 is 17.0 Å². The minimum Gasteiger partial charge on any atom is -0.456 e. The number of hydrogen-bond acceptors (Lipinski definition) is 4. The van der Waals surface area contributed by atoms with Crippen LogP contribution in [0, 0.1) is 0 Å². The number of pyridine rings is 1. The Kier molecular flexibility index (Phi) is 3.86. The molecule has 0 unspecified atom stereocenters. The predicted octanol–water partition coefficient (Wildman–Crippen LogP) is 3.43. The zero-order valence-corrected chi connectivity index (χ0v) is 13.5. The van der Waals surface area contributed by atoms with E-state index in [0.29, 0.717) is 12.1 Å². The molecule has 0 aliphatic carbocycles. The van der Waals surface area contributed by atoms with Crippen LogP contribution in [0.1, 0.15) is 36.7 Å². The quantitative estimate of drug-likeness (QED) is 0.695. The zero-order chi connectivity index (χ0) is 16.4. The van der Waals surface area contributed by atoms with Gasteiger partial charge in [0, 0.05) is 6.20 Å². The van der Waals surface area contributed by atoms with Gasteiger partial charge in [-0.3, -0.25) is 9.67 Å². The molecular formula is C18H19N3O2. The third kappa shape index (κ3) is 3.56. The third-order valence-corrected chi connectivity index (χ3v) is 3.33. The number of benzene rings is 1. The van der Waals surface area contributed by atoms with E-state index < -0.39 is 5.60 Å². The number of carbonyl (C=O) groups is 1. The van der Waals surface area contributed by atoms with Crippen LogP contribution in [0.5, 0.6) is 0 Å². The van der Waals surface area contributed by atoms with Gasteiger partial charge >= 0.3 is 5.97 Å². The lowest BCUT2D eigenvalue weighted by Crippen LogP contribution is -2.23. The maximum atomic E-state index is 12.0. The van der Waals surface area contributed by atoms with Crippen LogP contribution in [-0.2, 0) is 11.3 Å². The zero-order valence-electron chi connectivity index (χ0n) is 13.5. The smallest absolute Gasteiger partial charge is 0.338 e. The van der Waals surface area contributed by atoms with E-state index in [1.165, 1.54) is 0 Å². The highest BCUT2D eigenvalue weighted by Gasteiger charge is 2.17. The molecular weight excluding hydrogens is 290 g/mol. The van der Waals surface area contributed by atoms with Gasteiger partial charge in [0.25, 0.3) is 0 Å². The SMILES string of the molecule is CC(C)(C)OC(=O)c1ccc(Cn2ncc3ncccc32)cc1. The topological polar surface area (TPSA) is 57.0 Å². The molecule has 5 nitrogen and oxygen atoms in total. The first-order chi connectivity index (χ1) is 10.9. The van der Waals surface area contributed by atoms with E-state index in [1.54, 1.807) is 24.5 Å². The second-order valence-electron chi connectivity index (χ2n) is 6.41. The van der Waals surface area contributed by atoms with Gasteiger partial charge < -0.3 is 4.74 Å². The summed E-state index contributed by atoms with van der Waals surface area (Å²) in [5.41, 5.74) is 2.99. The fourth-order valence-electron chi connectivity index (χ4n) is 2.30. The van der Waals surface area contributed by atoms with Crippen LogP contribution in [0.25, 0.3) is 11.0 Å². The lowest BCUT2D eigenvalue weighted by Gasteiger charge is -2.19. The van der Waals surface area contributed by atoms with Gasteiger partial charge in [-0.15, -0.1) is 0 Å². The Bertz CT molecular complexity index is 829. The summed E-state index contributed by atoms with van der Waals surface area (Å²) in [4.78, 5) is 16.3. The lowest BCUT2D eigenvalue weighted by atomic mass is 10.1. The maximum Gasteiger partial charge on any atom is 0.338 e. The van der Waals surface area contributed by atoms with E-state index >= 15 is 0 Å². The molecule has 3 rings (SSSR count). The fourth-order valence-corrected chi connectivity index (χ4v) is 2.30. The monoisotopic (exact) mass is 309 g/mol. The summed E-state index contributed by atoms with van der Waals surface area (Å²) in [6.45, 7) is 6.20. The van der Waals surface area contributed by atoms with E-state index in [-0.39, 0.29) is 5.97 Å². The summed E-state index contributed by atoms with van der Waals surface area (Å²) in [5.74, 6) is -0.308. The van der Waals surface area contributed by atoms with Crippen LogP contribution < -0.4 is 0 Å². The van der Waals surface area contributed by atoms with Crippen molar-refractivity contribution in [2.75, 3.05) is 0 Å². The Balaban J connectivity index is 1.76. The van der Waals surface area contributed by atoms with Crippen LogP contribution in [0.2, 0.25) is 0 Å². The highest BCUT2D eigenvalue weighted by molar-refractivity contribution is 5.89. The Morgan fingerprint density at radius 1 is 1.17 bits per heavy atom. The molecule has 3 aromatic rings. The summed E-state index contributed by atoms with van der Waals surface area (Å²) in [6, 6.07) is 11.3. The number of esters is 1. The number of nitrogens with zero attached hydrogens (tertiary/aromatic N) is 3. The molecule has 0 aliphatic heterocycles. The van der Waals surface area contributed by atoms with E-state index in [2.05, 4.69) is 10.1 Å². The van der Waals surface area contributed by atoms with Crippen LogP contribution in [0.15, 0.2) is 48.8 Å². The van der Waals surface area contributed by atoms with Crippen LogP contribution in [0.4, 0.5) is 0 Å². The average molecular weight is 309 g/mol. The van der Waals surface area contributed by atoms with Crippen LogP contribution in [-0.4, -0.2) is 26.3 Å². The first-order valence-electron chi connectivity index (χ1n) is 7.51. The molecule has 0 amide bonds. The third-order valence-electron chi connectivity index (χ3n) is 3.33. The molecule has 2 heterocycles. The predicted molar refractivity (Wildman–Crippen MR) is 88.2 cm³/mol. The van der Waals surface area contributed by atoms with Gasteiger partial charge in [0.15, 0.2) is 0 Å². The van der Waals surface area contributed by atoms with Gasteiger partial charge in [0.2, 0.25) is 0 Å². The van der Waals surface area contributed by atoms with Crippen molar-refractivity contribution in [1.29, 1.82) is 0 Å². The van der Waals surface area contributed by atoms with Gasteiger partial charge in [0.05, 0.1) is 23.8 Å². The molecule has 5 heteroatoms. The first kappa shape index (κ1) is 15.2. The molecule has 0 radical (unpaired) electrons. The molecule has 0 saturated carbocycles. The van der Waals surface area contributed by atoms with Crippen molar-refractivity contribution in [1.82, 2.24) is 14.8 Å². The minimum absolute atomic E-state index is 0.308. The van der Waals surface area contributed by atoms with Gasteiger partial charge in [-0.25, -0.2) is 4.79 Å². The number of hydrogen-bond donors (Lipinski definition) is 0. The van der Waals surface area contributed by atoms with Crippen molar-refractivity contribution in [3.05, 3.63) is 59.9 Å². The highest BCUT2D eigenvalue weighted by atomic mass is 16.6. The van der Waals surface area contributed by atoms with Crippen LogP contribution in [0.3, 0.4) is 0 Å². The minimum atomic E-state index is -0.489. The van der Waals surface area contributed by atoms with Gasteiger partial charge in [-0.2, -0.15) is 5.10 Å². The fraction of sp³-hybridized carbons (Fsp3) is 0.278. The number of rotatable bonds is 3. The molecule has 1 aromatic carbocycles. The molecule has 0 bridgehead atoms. The average Bonchev–Trinajstić information content (AvgIpc) is 2.90. The normalized spacial score (nSPS) is 11.6.